The SMILES string of the molecule is COc1ccc(/C=C2/C(=O)NC(=O)N(c3ccc(Cl)cc3)C2=O)c(C)c1. The molecule has 1 fully saturated rings. The largest absolute Gasteiger partial charge is 0.497 e. The molecular weight excluding hydrogens is 356 g/mol. The molecule has 1 heterocycles. The number of ether oxygens (including phenoxy) is 1. The molecule has 0 saturated carbocycles. The highest BCUT2D eigenvalue weighted by Gasteiger charge is 2.36. The predicted molar refractivity (Wildman–Crippen MR) is 98.2 cm³/mol. The first-order valence-corrected chi connectivity index (χ1v) is 8.10. The van der Waals surface area contributed by atoms with Crippen molar-refractivity contribution in [2.24, 2.45) is 0 Å². The third kappa shape index (κ3) is 3.32. The number of aryl methyl sites for hydroxylation is 1. The first-order chi connectivity index (χ1) is 12.4. The van der Waals surface area contributed by atoms with Crippen molar-refractivity contribution in [2.45, 2.75) is 6.92 Å². The van der Waals surface area contributed by atoms with Crippen LogP contribution in [-0.4, -0.2) is 25.0 Å². The molecule has 1 aliphatic heterocycles. The van der Waals surface area contributed by atoms with Gasteiger partial charge in [-0.25, -0.2) is 9.69 Å². The molecular formula is C19H15ClN2O4. The Hall–Kier alpha value is -3.12. The maximum atomic E-state index is 12.8. The number of halogens is 1. The number of barbiturate groups is 1. The summed E-state index contributed by atoms with van der Waals surface area (Å²) in [4.78, 5) is 38.0. The molecule has 2 aromatic carbocycles. The number of carbonyl (C=O) groups is 3. The molecule has 4 amide bonds. The molecule has 1 saturated heterocycles. The number of carbonyl (C=O) groups excluding carboxylic acids is 3. The highest BCUT2D eigenvalue weighted by molar-refractivity contribution is 6.39. The quantitative estimate of drug-likeness (QED) is 0.664. The topological polar surface area (TPSA) is 75.7 Å². The highest BCUT2D eigenvalue weighted by Crippen LogP contribution is 2.25. The third-order valence-electron chi connectivity index (χ3n) is 3.96. The molecule has 0 atom stereocenters. The molecule has 0 spiro atoms. The van der Waals surface area contributed by atoms with E-state index in [0.29, 0.717) is 22.0 Å². The van der Waals surface area contributed by atoms with E-state index in [1.54, 1.807) is 37.4 Å². The Labute approximate surface area is 155 Å². The fourth-order valence-corrected chi connectivity index (χ4v) is 2.70. The average Bonchev–Trinajstić information content (AvgIpc) is 2.61. The Kier molecular flexibility index (Phi) is 4.77. The number of hydrogen-bond acceptors (Lipinski definition) is 4. The lowest BCUT2D eigenvalue weighted by Crippen LogP contribution is -2.54. The van der Waals surface area contributed by atoms with E-state index in [1.165, 1.54) is 18.2 Å². The van der Waals surface area contributed by atoms with E-state index in [1.807, 2.05) is 6.92 Å². The van der Waals surface area contributed by atoms with Gasteiger partial charge < -0.3 is 4.74 Å². The van der Waals surface area contributed by atoms with E-state index < -0.39 is 17.8 Å². The van der Waals surface area contributed by atoms with Crippen LogP contribution in [0.5, 0.6) is 5.75 Å². The second-order valence-corrected chi connectivity index (χ2v) is 6.09. The Morgan fingerprint density at radius 1 is 1.08 bits per heavy atom. The smallest absolute Gasteiger partial charge is 0.335 e. The average molecular weight is 371 g/mol. The van der Waals surface area contributed by atoms with Gasteiger partial charge in [0.05, 0.1) is 12.8 Å². The van der Waals surface area contributed by atoms with Crippen LogP contribution in [0.2, 0.25) is 5.02 Å². The number of imide groups is 2. The minimum Gasteiger partial charge on any atom is -0.497 e. The molecule has 26 heavy (non-hydrogen) atoms. The van der Waals surface area contributed by atoms with Gasteiger partial charge in [-0.1, -0.05) is 17.7 Å². The molecule has 0 radical (unpaired) electrons. The standard InChI is InChI=1S/C19H15ClN2O4/c1-11-9-15(26-2)8-3-12(11)10-16-17(23)21-19(25)22(18(16)24)14-6-4-13(20)5-7-14/h3-10H,1-2H3,(H,21,23,25)/b16-10-. The summed E-state index contributed by atoms with van der Waals surface area (Å²) < 4.78 is 5.15. The van der Waals surface area contributed by atoms with Crippen molar-refractivity contribution in [3.8, 4) is 5.75 Å². The summed E-state index contributed by atoms with van der Waals surface area (Å²) in [7, 11) is 1.56. The normalized spacial score (nSPS) is 16.0. The molecule has 1 N–H and O–H groups in total. The Bertz CT molecular complexity index is 935. The van der Waals surface area contributed by atoms with Crippen molar-refractivity contribution < 1.29 is 19.1 Å². The van der Waals surface area contributed by atoms with Crippen LogP contribution in [0.3, 0.4) is 0 Å². The third-order valence-corrected chi connectivity index (χ3v) is 4.22. The number of methoxy groups -OCH3 is 1. The molecule has 7 heteroatoms. The summed E-state index contributed by atoms with van der Waals surface area (Å²) in [6, 6.07) is 10.6. The molecule has 0 bridgehead atoms. The lowest BCUT2D eigenvalue weighted by Gasteiger charge is -2.26. The Morgan fingerprint density at radius 2 is 1.77 bits per heavy atom. The van der Waals surface area contributed by atoms with Gasteiger partial charge in [-0.2, -0.15) is 0 Å². The number of anilines is 1. The van der Waals surface area contributed by atoms with Crippen LogP contribution in [0, 0.1) is 6.92 Å². The van der Waals surface area contributed by atoms with E-state index in [4.69, 9.17) is 16.3 Å². The van der Waals surface area contributed by atoms with E-state index in [0.717, 1.165) is 10.5 Å². The number of benzene rings is 2. The lowest BCUT2D eigenvalue weighted by molar-refractivity contribution is -0.122. The number of hydrogen-bond donors (Lipinski definition) is 1. The molecule has 3 rings (SSSR count). The van der Waals surface area contributed by atoms with E-state index in [-0.39, 0.29) is 5.57 Å². The molecule has 2 aromatic rings. The lowest BCUT2D eigenvalue weighted by atomic mass is 10.0. The van der Waals surface area contributed by atoms with Crippen LogP contribution in [0.1, 0.15) is 11.1 Å². The van der Waals surface area contributed by atoms with Crippen molar-refractivity contribution in [2.75, 3.05) is 12.0 Å². The van der Waals surface area contributed by atoms with Crippen molar-refractivity contribution in [3.05, 3.63) is 64.2 Å². The maximum Gasteiger partial charge on any atom is 0.335 e. The molecule has 6 nitrogen and oxygen atoms in total. The van der Waals surface area contributed by atoms with E-state index >= 15 is 0 Å². The fourth-order valence-electron chi connectivity index (χ4n) is 2.57. The van der Waals surface area contributed by atoms with Crippen molar-refractivity contribution in [1.82, 2.24) is 5.32 Å². The minimum atomic E-state index is -0.800. The minimum absolute atomic E-state index is 0.132. The summed E-state index contributed by atoms with van der Waals surface area (Å²) in [5.74, 6) is -0.765. The first-order valence-electron chi connectivity index (χ1n) is 7.72. The summed E-state index contributed by atoms with van der Waals surface area (Å²) in [6.45, 7) is 1.84. The second-order valence-electron chi connectivity index (χ2n) is 5.66. The second kappa shape index (κ2) is 7.01. The van der Waals surface area contributed by atoms with E-state index in [9.17, 15) is 14.4 Å². The van der Waals surface area contributed by atoms with E-state index in [2.05, 4.69) is 5.32 Å². The number of urea groups is 1. The van der Waals surface area contributed by atoms with Gasteiger partial charge in [0.2, 0.25) is 0 Å². The van der Waals surface area contributed by atoms with Crippen molar-refractivity contribution in [3.63, 3.8) is 0 Å². The van der Waals surface area contributed by atoms with Crippen LogP contribution in [0.15, 0.2) is 48.0 Å². The fraction of sp³-hybridized carbons (Fsp3) is 0.105. The monoisotopic (exact) mass is 370 g/mol. The van der Waals surface area contributed by atoms with Crippen molar-refractivity contribution >= 4 is 41.2 Å². The van der Waals surface area contributed by atoms with Crippen LogP contribution in [0.25, 0.3) is 6.08 Å². The van der Waals surface area contributed by atoms with Gasteiger partial charge >= 0.3 is 6.03 Å². The summed E-state index contributed by atoms with van der Waals surface area (Å²) >= 11 is 5.84. The summed E-state index contributed by atoms with van der Waals surface area (Å²) in [5, 5.41) is 2.66. The molecule has 0 aromatic heterocycles. The van der Waals surface area contributed by atoms with Gasteiger partial charge in [-0.15, -0.1) is 0 Å². The predicted octanol–water partition coefficient (Wildman–Crippen LogP) is 3.32. The number of nitrogens with one attached hydrogen (secondary N) is 1. The van der Waals surface area contributed by atoms with Gasteiger partial charge in [0.1, 0.15) is 11.3 Å². The summed E-state index contributed by atoms with van der Waals surface area (Å²) in [5.41, 5.74) is 1.69. The van der Waals surface area contributed by atoms with Gasteiger partial charge in [-0.05, 0) is 60.5 Å². The number of amides is 4. The Morgan fingerprint density at radius 3 is 2.38 bits per heavy atom. The van der Waals surface area contributed by atoms with Crippen molar-refractivity contribution in [1.29, 1.82) is 0 Å². The van der Waals surface area contributed by atoms with Gasteiger partial charge in [0, 0.05) is 5.02 Å². The summed E-state index contributed by atoms with van der Waals surface area (Å²) in [6.07, 6.45) is 1.46. The number of nitrogens with zero attached hydrogens (tertiary/aromatic N) is 1. The van der Waals surface area contributed by atoms with Gasteiger partial charge in [-0.3, -0.25) is 14.9 Å². The molecule has 0 unspecified atom stereocenters. The zero-order valence-corrected chi connectivity index (χ0v) is 14.8. The van der Waals surface area contributed by atoms with Crippen LogP contribution >= 0.6 is 11.6 Å². The number of rotatable bonds is 3. The van der Waals surface area contributed by atoms with Crippen LogP contribution in [-0.2, 0) is 9.59 Å². The maximum absolute atomic E-state index is 12.8. The Balaban J connectivity index is 2.01. The molecule has 0 aliphatic carbocycles. The van der Waals surface area contributed by atoms with Gasteiger partial charge in [0.15, 0.2) is 0 Å². The molecule has 132 valence electrons. The zero-order chi connectivity index (χ0) is 18.8. The zero-order valence-electron chi connectivity index (χ0n) is 14.1. The molecule has 1 aliphatic rings. The first kappa shape index (κ1) is 17.7. The van der Waals surface area contributed by atoms with Gasteiger partial charge in [0.25, 0.3) is 11.8 Å². The van der Waals surface area contributed by atoms with Crippen LogP contribution < -0.4 is 15.0 Å². The van der Waals surface area contributed by atoms with Crippen LogP contribution in [0.4, 0.5) is 10.5 Å². The highest BCUT2D eigenvalue weighted by atomic mass is 35.5.